The van der Waals surface area contributed by atoms with Crippen LogP contribution in [0.2, 0.25) is 0 Å². The Morgan fingerprint density at radius 1 is 1.21 bits per heavy atom. The SMILES string of the molecule is CC(CNc1ncc(OC(F)F)cn1)CNc1nc2ccc(S(N)(=O)=O)cc2s1. The molecule has 0 spiro atoms. The summed E-state index contributed by atoms with van der Waals surface area (Å²) in [7, 11) is -3.76. The number of fused-ring (bicyclic) bond motifs is 1. The van der Waals surface area contributed by atoms with Crippen molar-refractivity contribution in [2.75, 3.05) is 23.7 Å². The van der Waals surface area contributed by atoms with E-state index in [9.17, 15) is 17.2 Å². The molecule has 156 valence electrons. The lowest BCUT2D eigenvalue weighted by Gasteiger charge is -2.13. The van der Waals surface area contributed by atoms with Crippen LogP contribution in [-0.2, 0) is 10.0 Å². The number of halogens is 2. The average molecular weight is 444 g/mol. The van der Waals surface area contributed by atoms with Gasteiger partial charge in [-0.3, -0.25) is 0 Å². The minimum atomic E-state index is -3.76. The smallest absolute Gasteiger partial charge is 0.387 e. The first-order valence-electron chi connectivity index (χ1n) is 8.38. The van der Waals surface area contributed by atoms with Crippen LogP contribution >= 0.6 is 11.3 Å². The Hall–Kier alpha value is -2.64. The van der Waals surface area contributed by atoms with Crippen LogP contribution < -0.4 is 20.5 Å². The van der Waals surface area contributed by atoms with E-state index in [4.69, 9.17) is 5.14 Å². The van der Waals surface area contributed by atoms with E-state index < -0.39 is 16.6 Å². The van der Waals surface area contributed by atoms with Crippen LogP contribution in [0, 0.1) is 5.92 Å². The number of anilines is 2. The predicted octanol–water partition coefficient (Wildman–Crippen LogP) is 2.50. The lowest BCUT2D eigenvalue weighted by Crippen LogP contribution is -2.20. The zero-order valence-corrected chi connectivity index (χ0v) is 16.8. The number of nitrogens with two attached hydrogens (primary N) is 1. The second-order valence-electron chi connectivity index (χ2n) is 6.18. The Kier molecular flexibility index (Phi) is 6.39. The number of rotatable bonds is 9. The van der Waals surface area contributed by atoms with Crippen molar-refractivity contribution >= 4 is 42.7 Å². The minimum absolute atomic E-state index is 0.0442. The van der Waals surface area contributed by atoms with Gasteiger partial charge >= 0.3 is 6.61 Å². The van der Waals surface area contributed by atoms with Crippen LogP contribution in [-0.4, -0.2) is 43.1 Å². The number of nitrogens with one attached hydrogen (secondary N) is 2. The molecule has 1 atom stereocenters. The molecule has 2 aromatic heterocycles. The van der Waals surface area contributed by atoms with E-state index in [1.54, 1.807) is 6.07 Å². The Balaban J connectivity index is 1.52. The Morgan fingerprint density at radius 3 is 2.55 bits per heavy atom. The first-order chi connectivity index (χ1) is 13.7. The van der Waals surface area contributed by atoms with E-state index >= 15 is 0 Å². The highest BCUT2D eigenvalue weighted by atomic mass is 32.2. The van der Waals surface area contributed by atoms with Gasteiger partial charge in [-0.2, -0.15) is 8.78 Å². The monoisotopic (exact) mass is 444 g/mol. The van der Waals surface area contributed by atoms with Crippen LogP contribution in [0.1, 0.15) is 6.92 Å². The van der Waals surface area contributed by atoms with Gasteiger partial charge in [-0.05, 0) is 24.1 Å². The maximum atomic E-state index is 12.1. The number of benzene rings is 1. The largest absolute Gasteiger partial charge is 0.432 e. The number of ether oxygens (including phenoxy) is 1. The van der Waals surface area contributed by atoms with Gasteiger partial charge in [0.1, 0.15) is 0 Å². The molecule has 0 aliphatic heterocycles. The van der Waals surface area contributed by atoms with Crippen molar-refractivity contribution in [2.45, 2.75) is 18.4 Å². The predicted molar refractivity (Wildman–Crippen MR) is 106 cm³/mol. The van der Waals surface area contributed by atoms with Gasteiger partial charge in [0.2, 0.25) is 16.0 Å². The lowest BCUT2D eigenvalue weighted by molar-refractivity contribution is -0.0503. The van der Waals surface area contributed by atoms with Gasteiger partial charge in [0.05, 0.1) is 27.5 Å². The maximum Gasteiger partial charge on any atom is 0.387 e. The molecule has 13 heteroatoms. The van der Waals surface area contributed by atoms with Crippen LogP contribution in [0.15, 0.2) is 35.5 Å². The molecule has 0 saturated carbocycles. The number of sulfonamides is 1. The topological polar surface area (TPSA) is 132 Å². The second kappa shape index (κ2) is 8.80. The fourth-order valence-corrected chi connectivity index (χ4v) is 3.85. The summed E-state index contributed by atoms with van der Waals surface area (Å²) in [6, 6.07) is 4.53. The summed E-state index contributed by atoms with van der Waals surface area (Å²) in [6.07, 6.45) is 2.34. The Morgan fingerprint density at radius 2 is 1.90 bits per heavy atom. The molecular weight excluding hydrogens is 426 g/mol. The lowest BCUT2D eigenvalue weighted by atomic mass is 10.2. The average Bonchev–Trinajstić information content (AvgIpc) is 3.07. The van der Waals surface area contributed by atoms with Gasteiger partial charge in [-0.15, -0.1) is 0 Å². The fourth-order valence-electron chi connectivity index (χ4n) is 2.33. The highest BCUT2D eigenvalue weighted by Crippen LogP contribution is 2.28. The van der Waals surface area contributed by atoms with Crippen molar-refractivity contribution in [2.24, 2.45) is 11.1 Å². The van der Waals surface area contributed by atoms with E-state index in [1.165, 1.54) is 35.9 Å². The summed E-state index contributed by atoms with van der Waals surface area (Å²) in [4.78, 5) is 12.3. The van der Waals surface area contributed by atoms with Crippen molar-refractivity contribution in [1.29, 1.82) is 0 Å². The van der Waals surface area contributed by atoms with Crippen molar-refractivity contribution < 1.29 is 21.9 Å². The molecule has 0 radical (unpaired) electrons. The molecule has 3 aromatic rings. The van der Waals surface area contributed by atoms with E-state index in [-0.39, 0.29) is 16.6 Å². The molecule has 0 bridgehead atoms. The molecule has 0 amide bonds. The number of nitrogens with zero attached hydrogens (tertiary/aromatic N) is 3. The van der Waals surface area contributed by atoms with Crippen molar-refractivity contribution in [3.63, 3.8) is 0 Å². The number of hydrogen-bond donors (Lipinski definition) is 3. The van der Waals surface area contributed by atoms with Gasteiger partial charge in [0, 0.05) is 13.1 Å². The van der Waals surface area contributed by atoms with E-state index in [0.717, 1.165) is 0 Å². The Bertz CT molecular complexity index is 1080. The summed E-state index contributed by atoms with van der Waals surface area (Å²) in [6.45, 7) is 0.183. The van der Waals surface area contributed by atoms with Gasteiger partial charge in [0.25, 0.3) is 0 Å². The second-order valence-corrected chi connectivity index (χ2v) is 8.77. The molecule has 0 saturated heterocycles. The van der Waals surface area contributed by atoms with Crippen LogP contribution in [0.4, 0.5) is 19.9 Å². The zero-order valence-electron chi connectivity index (χ0n) is 15.2. The standard InChI is InChI=1S/C16H18F2N6O3S2/c1-9(5-20-15-21-7-10(8-22-15)27-14(17)18)6-23-16-24-12-3-2-11(29(19,25)26)4-13(12)28-16/h2-4,7-9,14H,5-6H2,1H3,(H,23,24)(H2,19,25,26)(H,20,21,22). The molecule has 0 aliphatic rings. The van der Waals surface area contributed by atoms with Crippen molar-refractivity contribution in [1.82, 2.24) is 15.0 Å². The molecule has 3 rings (SSSR count). The molecular formula is C16H18F2N6O3S2. The highest BCUT2D eigenvalue weighted by Gasteiger charge is 2.12. The molecule has 9 nitrogen and oxygen atoms in total. The maximum absolute atomic E-state index is 12.1. The number of alkyl halides is 2. The van der Waals surface area contributed by atoms with Gasteiger partial charge in [-0.25, -0.2) is 28.5 Å². The molecule has 2 heterocycles. The van der Waals surface area contributed by atoms with Crippen LogP contribution in [0.25, 0.3) is 10.2 Å². The summed E-state index contributed by atoms with van der Waals surface area (Å²) < 4.78 is 52.0. The highest BCUT2D eigenvalue weighted by molar-refractivity contribution is 7.89. The number of hydrogen-bond acceptors (Lipinski definition) is 9. The molecule has 0 aliphatic carbocycles. The summed E-state index contributed by atoms with van der Waals surface area (Å²) in [5, 5.41) is 12.0. The molecule has 0 fully saturated rings. The first-order valence-corrected chi connectivity index (χ1v) is 10.7. The zero-order chi connectivity index (χ0) is 21.0. The summed E-state index contributed by atoms with van der Waals surface area (Å²) in [5.74, 6) is 0.346. The molecule has 1 unspecified atom stereocenters. The van der Waals surface area contributed by atoms with Crippen molar-refractivity contribution in [3.05, 3.63) is 30.6 Å². The van der Waals surface area contributed by atoms with Gasteiger partial charge in [0.15, 0.2) is 10.9 Å². The Labute approximate surface area is 169 Å². The van der Waals surface area contributed by atoms with Crippen LogP contribution in [0.3, 0.4) is 0 Å². The van der Waals surface area contributed by atoms with E-state index in [1.807, 2.05) is 6.92 Å². The van der Waals surface area contributed by atoms with E-state index in [2.05, 4.69) is 30.3 Å². The van der Waals surface area contributed by atoms with Gasteiger partial charge in [-0.1, -0.05) is 18.3 Å². The number of primary sulfonamides is 1. The summed E-state index contributed by atoms with van der Waals surface area (Å²) >= 11 is 1.33. The first kappa shape index (κ1) is 21.1. The third-order valence-corrected chi connectivity index (χ3v) is 5.64. The van der Waals surface area contributed by atoms with Crippen molar-refractivity contribution in [3.8, 4) is 5.75 Å². The normalized spacial score (nSPS) is 12.9. The molecule has 1 aromatic carbocycles. The molecule has 4 N–H and O–H groups in total. The summed E-state index contributed by atoms with van der Waals surface area (Å²) in [5.41, 5.74) is 0.676. The fraction of sp³-hybridized carbons (Fsp3) is 0.312. The third kappa shape index (κ3) is 5.92. The quantitative estimate of drug-likeness (QED) is 0.459. The minimum Gasteiger partial charge on any atom is -0.432 e. The third-order valence-electron chi connectivity index (χ3n) is 3.75. The van der Waals surface area contributed by atoms with E-state index in [0.29, 0.717) is 34.4 Å². The number of thiazole rings is 1. The van der Waals surface area contributed by atoms with Gasteiger partial charge < -0.3 is 15.4 Å². The number of aromatic nitrogens is 3. The van der Waals surface area contributed by atoms with Crippen LogP contribution in [0.5, 0.6) is 5.75 Å². The molecule has 29 heavy (non-hydrogen) atoms.